The lowest BCUT2D eigenvalue weighted by molar-refractivity contribution is -0.117. The number of carbonyl (C=O) groups is 1. The highest BCUT2D eigenvalue weighted by molar-refractivity contribution is 7.80. The van der Waals surface area contributed by atoms with Crippen molar-refractivity contribution < 1.29 is 4.79 Å². The van der Waals surface area contributed by atoms with E-state index >= 15 is 0 Å². The van der Waals surface area contributed by atoms with Gasteiger partial charge in [-0.25, -0.2) is 0 Å². The average molecular weight is 368 g/mol. The van der Waals surface area contributed by atoms with Crippen LogP contribution in [0.1, 0.15) is 43.4 Å². The van der Waals surface area contributed by atoms with Crippen LogP contribution in [0.25, 0.3) is 0 Å². The first-order chi connectivity index (χ1) is 12.6. The molecule has 3 rings (SSSR count). The third kappa shape index (κ3) is 4.22. The smallest absolute Gasteiger partial charge is 0.227 e. The quantitative estimate of drug-likeness (QED) is 0.761. The van der Waals surface area contributed by atoms with Crippen molar-refractivity contribution in [3.8, 4) is 0 Å². The van der Waals surface area contributed by atoms with E-state index in [0.717, 1.165) is 30.8 Å². The van der Waals surface area contributed by atoms with Crippen molar-refractivity contribution in [3.63, 3.8) is 0 Å². The van der Waals surface area contributed by atoms with Crippen LogP contribution in [0.5, 0.6) is 0 Å². The molecule has 0 radical (unpaired) electrons. The summed E-state index contributed by atoms with van der Waals surface area (Å²) in [5.74, 6) is 0.188. The van der Waals surface area contributed by atoms with Gasteiger partial charge in [0.2, 0.25) is 5.91 Å². The Morgan fingerprint density at radius 1 is 1.23 bits per heavy atom. The molecule has 1 aliphatic rings. The molecule has 2 N–H and O–H groups in total. The van der Waals surface area contributed by atoms with Crippen molar-refractivity contribution >= 4 is 34.6 Å². The van der Waals surface area contributed by atoms with Crippen LogP contribution in [-0.4, -0.2) is 17.6 Å². The fraction of sp³-hybridized carbons (Fsp3) is 0.333. The summed E-state index contributed by atoms with van der Waals surface area (Å²) in [6.45, 7) is 5.05. The number of rotatable bonds is 5. The summed E-state index contributed by atoms with van der Waals surface area (Å²) < 4.78 is 0. The predicted molar refractivity (Wildman–Crippen MR) is 112 cm³/mol. The Bertz CT molecular complexity index is 805. The fourth-order valence-electron chi connectivity index (χ4n) is 3.38. The van der Waals surface area contributed by atoms with Crippen LogP contribution < -0.4 is 15.5 Å². The first-order valence-electron chi connectivity index (χ1n) is 9.12. The molecule has 1 fully saturated rings. The molecule has 0 spiro atoms. The van der Waals surface area contributed by atoms with Crippen molar-refractivity contribution in [2.45, 2.75) is 39.2 Å². The molecule has 1 atom stereocenters. The number of anilines is 2. The van der Waals surface area contributed by atoms with Crippen molar-refractivity contribution in [3.05, 3.63) is 59.7 Å². The van der Waals surface area contributed by atoms with Gasteiger partial charge < -0.3 is 15.5 Å². The minimum Gasteiger partial charge on any atom is -0.356 e. The van der Waals surface area contributed by atoms with Gasteiger partial charge >= 0.3 is 0 Å². The molecule has 0 aromatic heterocycles. The van der Waals surface area contributed by atoms with Gasteiger partial charge in [0.05, 0.1) is 6.04 Å². The Labute approximate surface area is 160 Å². The molecule has 2 aromatic rings. The van der Waals surface area contributed by atoms with Gasteiger partial charge in [-0.3, -0.25) is 4.79 Å². The molecular formula is C21H25N3OS. The number of thiocarbonyl (C=S) groups is 1. The standard InChI is InChI=1S/C21H25N3OS/c1-3-19(18-11-5-4-8-15(18)2)23-21(26)22-16-9-6-10-17(14-16)24-13-7-12-20(24)25/h4-6,8-11,14,19H,3,7,12-13H2,1-2H3,(H2,22,23,26)/t19-/m1/s1. The van der Waals surface area contributed by atoms with Crippen molar-refractivity contribution in [1.29, 1.82) is 0 Å². The topological polar surface area (TPSA) is 44.4 Å². The van der Waals surface area contributed by atoms with E-state index in [1.165, 1.54) is 11.1 Å². The van der Waals surface area contributed by atoms with Crippen LogP contribution in [0.3, 0.4) is 0 Å². The number of amides is 1. The SMILES string of the molecule is CC[C@@H](NC(=S)Nc1cccc(N2CCCC2=O)c1)c1ccccc1C. The second-order valence-electron chi connectivity index (χ2n) is 6.62. The van der Waals surface area contributed by atoms with E-state index in [-0.39, 0.29) is 11.9 Å². The van der Waals surface area contributed by atoms with Crippen molar-refractivity contribution in [2.24, 2.45) is 0 Å². The normalized spacial score (nSPS) is 15.0. The van der Waals surface area contributed by atoms with E-state index in [1.54, 1.807) is 0 Å². The first-order valence-corrected chi connectivity index (χ1v) is 9.52. The first kappa shape index (κ1) is 18.4. The molecule has 1 amide bonds. The number of aryl methyl sites for hydroxylation is 1. The van der Waals surface area contributed by atoms with E-state index in [2.05, 4.69) is 42.7 Å². The zero-order chi connectivity index (χ0) is 18.5. The van der Waals surface area contributed by atoms with Crippen LogP contribution in [0.4, 0.5) is 11.4 Å². The number of benzene rings is 2. The largest absolute Gasteiger partial charge is 0.356 e. The lowest BCUT2D eigenvalue weighted by Gasteiger charge is -2.22. The number of nitrogens with zero attached hydrogens (tertiary/aromatic N) is 1. The van der Waals surface area contributed by atoms with Gasteiger partial charge in [-0.15, -0.1) is 0 Å². The molecule has 1 aliphatic heterocycles. The van der Waals surface area contributed by atoms with Crippen LogP contribution >= 0.6 is 12.2 Å². The Kier molecular flexibility index (Phi) is 5.89. The van der Waals surface area contributed by atoms with Gasteiger partial charge in [0, 0.05) is 24.3 Å². The van der Waals surface area contributed by atoms with Gasteiger partial charge in [0.15, 0.2) is 5.11 Å². The monoisotopic (exact) mass is 367 g/mol. The van der Waals surface area contributed by atoms with Gasteiger partial charge in [0.25, 0.3) is 0 Å². The Hall–Kier alpha value is -2.40. The molecule has 0 bridgehead atoms. The van der Waals surface area contributed by atoms with Crippen molar-refractivity contribution in [2.75, 3.05) is 16.8 Å². The van der Waals surface area contributed by atoms with E-state index in [9.17, 15) is 4.79 Å². The van der Waals surface area contributed by atoms with E-state index in [0.29, 0.717) is 11.5 Å². The second-order valence-corrected chi connectivity index (χ2v) is 7.02. The summed E-state index contributed by atoms with van der Waals surface area (Å²) in [7, 11) is 0. The van der Waals surface area contributed by atoms with Crippen LogP contribution in [0.2, 0.25) is 0 Å². The molecule has 2 aromatic carbocycles. The van der Waals surface area contributed by atoms with E-state index < -0.39 is 0 Å². The van der Waals surface area contributed by atoms with Gasteiger partial charge in [-0.2, -0.15) is 0 Å². The summed E-state index contributed by atoms with van der Waals surface area (Å²) >= 11 is 5.52. The van der Waals surface area contributed by atoms with Gasteiger partial charge in [-0.1, -0.05) is 37.3 Å². The summed E-state index contributed by atoms with van der Waals surface area (Å²) in [5.41, 5.74) is 4.32. The molecule has 4 nitrogen and oxygen atoms in total. The molecule has 0 unspecified atom stereocenters. The lowest BCUT2D eigenvalue weighted by Crippen LogP contribution is -2.32. The zero-order valence-corrected chi connectivity index (χ0v) is 16.1. The molecule has 26 heavy (non-hydrogen) atoms. The predicted octanol–water partition coefficient (Wildman–Crippen LogP) is 4.56. The van der Waals surface area contributed by atoms with Crippen molar-refractivity contribution in [1.82, 2.24) is 5.32 Å². The summed E-state index contributed by atoms with van der Waals surface area (Å²) in [6.07, 6.45) is 2.49. The average Bonchev–Trinajstić information content (AvgIpc) is 3.06. The maximum absolute atomic E-state index is 11.9. The van der Waals surface area contributed by atoms with Crippen LogP contribution in [0.15, 0.2) is 48.5 Å². The van der Waals surface area contributed by atoms with E-state index in [4.69, 9.17) is 12.2 Å². The van der Waals surface area contributed by atoms with E-state index in [1.807, 2.05) is 35.2 Å². The maximum atomic E-state index is 11.9. The Morgan fingerprint density at radius 2 is 2.04 bits per heavy atom. The summed E-state index contributed by atoms with van der Waals surface area (Å²) in [4.78, 5) is 13.8. The fourth-order valence-corrected chi connectivity index (χ4v) is 3.64. The highest BCUT2D eigenvalue weighted by Crippen LogP contribution is 2.25. The van der Waals surface area contributed by atoms with Gasteiger partial charge in [0.1, 0.15) is 0 Å². The number of carbonyl (C=O) groups excluding carboxylic acids is 1. The molecule has 136 valence electrons. The molecular weight excluding hydrogens is 342 g/mol. The molecule has 5 heteroatoms. The second kappa shape index (κ2) is 8.32. The molecule has 0 aliphatic carbocycles. The number of nitrogens with one attached hydrogen (secondary N) is 2. The third-order valence-electron chi connectivity index (χ3n) is 4.77. The number of hydrogen-bond donors (Lipinski definition) is 2. The molecule has 1 saturated heterocycles. The van der Waals surface area contributed by atoms with Gasteiger partial charge in [-0.05, 0) is 61.3 Å². The Balaban J connectivity index is 1.68. The highest BCUT2D eigenvalue weighted by atomic mass is 32.1. The molecule has 1 heterocycles. The lowest BCUT2D eigenvalue weighted by atomic mass is 10.00. The minimum atomic E-state index is 0.166. The van der Waals surface area contributed by atoms with Crippen LogP contribution in [0, 0.1) is 6.92 Å². The summed E-state index contributed by atoms with van der Waals surface area (Å²) in [5, 5.41) is 7.25. The molecule has 0 saturated carbocycles. The number of hydrogen-bond acceptors (Lipinski definition) is 2. The maximum Gasteiger partial charge on any atom is 0.227 e. The zero-order valence-electron chi connectivity index (χ0n) is 15.3. The minimum absolute atomic E-state index is 0.166. The third-order valence-corrected chi connectivity index (χ3v) is 4.99. The van der Waals surface area contributed by atoms with Crippen LogP contribution in [-0.2, 0) is 4.79 Å². The summed E-state index contributed by atoms with van der Waals surface area (Å²) in [6, 6.07) is 16.4. The Morgan fingerprint density at radius 3 is 2.73 bits per heavy atom. The highest BCUT2D eigenvalue weighted by Gasteiger charge is 2.21.